The highest BCUT2D eigenvalue weighted by molar-refractivity contribution is 5.95. The van der Waals surface area contributed by atoms with Gasteiger partial charge in [0.15, 0.2) is 0 Å². The molecule has 1 rings (SSSR count). The lowest BCUT2D eigenvalue weighted by Crippen LogP contribution is -2.33. The first-order valence-electron chi connectivity index (χ1n) is 7.38. The van der Waals surface area contributed by atoms with Gasteiger partial charge in [0, 0.05) is 17.3 Å². The maximum absolute atomic E-state index is 12.2. The highest BCUT2D eigenvalue weighted by atomic mass is 16.1. The van der Waals surface area contributed by atoms with E-state index in [1.807, 2.05) is 26.8 Å². The molecular weight excluding hydrogens is 250 g/mol. The molecule has 4 nitrogen and oxygen atoms in total. The van der Waals surface area contributed by atoms with Gasteiger partial charge in [0.2, 0.25) is 0 Å². The number of anilines is 1. The number of amides is 1. The zero-order valence-electron chi connectivity index (χ0n) is 13.2. The largest absolute Gasteiger partial charge is 0.384 e. The van der Waals surface area contributed by atoms with Crippen LogP contribution in [0, 0.1) is 5.92 Å². The van der Waals surface area contributed by atoms with Crippen molar-refractivity contribution < 1.29 is 4.79 Å². The summed E-state index contributed by atoms with van der Waals surface area (Å²) in [6.45, 7) is 10.5. The molecule has 1 aromatic rings. The number of carbonyl (C=O) groups is 1. The number of hydrogen-bond acceptors (Lipinski definition) is 3. The number of aromatic nitrogens is 1. The molecule has 0 fully saturated rings. The summed E-state index contributed by atoms with van der Waals surface area (Å²) in [5.74, 6) is 1.23. The summed E-state index contributed by atoms with van der Waals surface area (Å²) in [6.07, 6.45) is 2.10. The van der Waals surface area contributed by atoms with Crippen LogP contribution in [0.3, 0.4) is 0 Å². The number of nitrogen functional groups attached to an aromatic ring is 1. The molecule has 0 aromatic carbocycles. The minimum atomic E-state index is -0.0720. The summed E-state index contributed by atoms with van der Waals surface area (Å²) >= 11 is 0. The normalized spacial score (nSPS) is 12.8. The van der Waals surface area contributed by atoms with Gasteiger partial charge in [-0.15, -0.1) is 0 Å². The van der Waals surface area contributed by atoms with E-state index in [1.54, 1.807) is 6.07 Å². The van der Waals surface area contributed by atoms with Crippen molar-refractivity contribution in [2.45, 2.75) is 59.4 Å². The molecule has 1 atom stereocenters. The maximum Gasteiger partial charge on any atom is 0.251 e. The summed E-state index contributed by atoms with van der Waals surface area (Å²) in [4.78, 5) is 16.5. The Morgan fingerprint density at radius 2 is 1.85 bits per heavy atom. The van der Waals surface area contributed by atoms with E-state index in [0.29, 0.717) is 17.3 Å². The molecule has 0 spiro atoms. The molecule has 1 unspecified atom stereocenters. The van der Waals surface area contributed by atoms with Gasteiger partial charge < -0.3 is 11.1 Å². The molecule has 0 saturated carbocycles. The van der Waals surface area contributed by atoms with Gasteiger partial charge in [-0.2, -0.15) is 0 Å². The number of nitrogens with one attached hydrogen (secondary N) is 1. The molecule has 112 valence electrons. The first-order valence-corrected chi connectivity index (χ1v) is 7.38. The van der Waals surface area contributed by atoms with Gasteiger partial charge in [0.05, 0.1) is 0 Å². The molecule has 1 aromatic heterocycles. The van der Waals surface area contributed by atoms with Crippen molar-refractivity contribution in [1.82, 2.24) is 10.3 Å². The second-order valence-electron chi connectivity index (χ2n) is 6.21. The summed E-state index contributed by atoms with van der Waals surface area (Å²) in [5, 5.41) is 3.02. The zero-order valence-corrected chi connectivity index (χ0v) is 13.2. The van der Waals surface area contributed by atoms with Crippen LogP contribution < -0.4 is 11.1 Å². The molecule has 3 N–H and O–H groups in total. The van der Waals surface area contributed by atoms with Crippen molar-refractivity contribution in [2.24, 2.45) is 5.92 Å². The van der Waals surface area contributed by atoms with E-state index >= 15 is 0 Å². The van der Waals surface area contributed by atoms with Crippen LogP contribution in [0.25, 0.3) is 0 Å². The van der Waals surface area contributed by atoms with Gasteiger partial charge in [-0.3, -0.25) is 4.79 Å². The fourth-order valence-electron chi connectivity index (χ4n) is 1.96. The number of nitrogens with zero attached hydrogens (tertiary/aromatic N) is 1. The first kappa shape index (κ1) is 16.5. The van der Waals surface area contributed by atoms with Crippen molar-refractivity contribution in [1.29, 1.82) is 0 Å². The molecule has 0 aliphatic carbocycles. The van der Waals surface area contributed by atoms with Crippen molar-refractivity contribution in [3.63, 3.8) is 0 Å². The number of nitrogens with two attached hydrogens (primary N) is 1. The Labute approximate surface area is 122 Å². The van der Waals surface area contributed by atoms with Gasteiger partial charge in [0.25, 0.3) is 5.91 Å². The maximum atomic E-state index is 12.2. The van der Waals surface area contributed by atoms with Gasteiger partial charge >= 0.3 is 0 Å². The quantitative estimate of drug-likeness (QED) is 0.838. The van der Waals surface area contributed by atoms with Gasteiger partial charge in [-0.05, 0) is 43.7 Å². The van der Waals surface area contributed by atoms with E-state index in [-0.39, 0.29) is 17.9 Å². The van der Waals surface area contributed by atoms with Gasteiger partial charge in [-0.25, -0.2) is 4.98 Å². The average molecular weight is 277 g/mol. The summed E-state index contributed by atoms with van der Waals surface area (Å²) in [7, 11) is 0. The molecule has 1 amide bonds. The Hall–Kier alpha value is -1.58. The number of hydrogen-bond donors (Lipinski definition) is 2. The molecule has 1 heterocycles. The third kappa shape index (κ3) is 5.19. The third-order valence-corrected chi connectivity index (χ3v) is 3.27. The van der Waals surface area contributed by atoms with Crippen LogP contribution in [0.1, 0.15) is 69.4 Å². The summed E-state index contributed by atoms with van der Waals surface area (Å²) in [5.41, 5.74) is 7.22. The zero-order chi connectivity index (χ0) is 15.3. The highest BCUT2D eigenvalue weighted by Crippen LogP contribution is 2.16. The van der Waals surface area contributed by atoms with Crippen LogP contribution in [0.2, 0.25) is 0 Å². The van der Waals surface area contributed by atoms with Crippen LogP contribution in [-0.2, 0) is 0 Å². The fourth-order valence-corrected chi connectivity index (χ4v) is 1.96. The SMILES string of the molecule is CC(C)CCC(C)NC(=O)c1cc(N)nc(C(C)C)c1. The Balaban J connectivity index is 2.72. The minimum Gasteiger partial charge on any atom is -0.384 e. The van der Waals surface area contributed by atoms with Crippen LogP contribution in [-0.4, -0.2) is 16.9 Å². The lowest BCUT2D eigenvalue weighted by molar-refractivity contribution is 0.0937. The lowest BCUT2D eigenvalue weighted by Gasteiger charge is -2.16. The Bertz CT molecular complexity index is 455. The minimum absolute atomic E-state index is 0.0720. The molecule has 0 bridgehead atoms. The second kappa shape index (κ2) is 7.27. The summed E-state index contributed by atoms with van der Waals surface area (Å²) < 4.78 is 0. The molecule has 0 saturated heterocycles. The number of rotatable bonds is 6. The van der Waals surface area contributed by atoms with E-state index in [2.05, 4.69) is 24.1 Å². The van der Waals surface area contributed by atoms with E-state index in [9.17, 15) is 4.79 Å². The van der Waals surface area contributed by atoms with Gasteiger partial charge in [0.1, 0.15) is 5.82 Å². The lowest BCUT2D eigenvalue weighted by atomic mass is 10.0. The highest BCUT2D eigenvalue weighted by Gasteiger charge is 2.13. The van der Waals surface area contributed by atoms with Crippen LogP contribution >= 0.6 is 0 Å². The predicted molar refractivity (Wildman–Crippen MR) is 83.7 cm³/mol. The third-order valence-electron chi connectivity index (χ3n) is 3.27. The molecule has 20 heavy (non-hydrogen) atoms. The molecule has 4 heteroatoms. The Kier molecular flexibility index (Phi) is 5.99. The molecule has 0 aliphatic rings. The monoisotopic (exact) mass is 277 g/mol. The fraction of sp³-hybridized carbons (Fsp3) is 0.625. The van der Waals surface area contributed by atoms with E-state index in [1.165, 1.54) is 0 Å². The molecule has 0 aliphatic heterocycles. The van der Waals surface area contributed by atoms with Crippen LogP contribution in [0.5, 0.6) is 0 Å². The molecule has 0 radical (unpaired) electrons. The second-order valence-corrected chi connectivity index (χ2v) is 6.21. The molecular formula is C16H27N3O. The topological polar surface area (TPSA) is 68.0 Å². The standard InChI is InChI=1S/C16H27N3O/c1-10(2)6-7-12(5)18-16(20)13-8-14(11(3)4)19-15(17)9-13/h8-12H,6-7H2,1-5H3,(H2,17,19)(H,18,20). The van der Waals surface area contributed by atoms with Crippen LogP contribution in [0.4, 0.5) is 5.82 Å². The van der Waals surface area contributed by atoms with Crippen molar-refractivity contribution >= 4 is 11.7 Å². The average Bonchev–Trinajstić information content (AvgIpc) is 2.35. The van der Waals surface area contributed by atoms with E-state index < -0.39 is 0 Å². The van der Waals surface area contributed by atoms with E-state index in [4.69, 9.17) is 5.73 Å². The Morgan fingerprint density at radius 1 is 1.20 bits per heavy atom. The Morgan fingerprint density at radius 3 is 2.40 bits per heavy atom. The van der Waals surface area contributed by atoms with Crippen molar-refractivity contribution in [2.75, 3.05) is 5.73 Å². The number of carbonyl (C=O) groups excluding carboxylic acids is 1. The van der Waals surface area contributed by atoms with Crippen molar-refractivity contribution in [3.05, 3.63) is 23.4 Å². The predicted octanol–water partition coefficient (Wildman–Crippen LogP) is 3.34. The van der Waals surface area contributed by atoms with Crippen LogP contribution in [0.15, 0.2) is 12.1 Å². The first-order chi connectivity index (χ1) is 9.29. The number of pyridine rings is 1. The van der Waals surface area contributed by atoms with Crippen molar-refractivity contribution in [3.8, 4) is 0 Å². The smallest absolute Gasteiger partial charge is 0.251 e. The summed E-state index contributed by atoms with van der Waals surface area (Å²) in [6, 6.07) is 3.63. The van der Waals surface area contributed by atoms with Gasteiger partial charge in [-0.1, -0.05) is 27.7 Å². The van der Waals surface area contributed by atoms with E-state index in [0.717, 1.165) is 18.5 Å².